The SMILES string of the molecule is C(=C1CCCC1)C1CCCCO1. The van der Waals surface area contributed by atoms with E-state index in [1.54, 1.807) is 5.57 Å². The largest absolute Gasteiger partial charge is 0.374 e. The van der Waals surface area contributed by atoms with Gasteiger partial charge in [-0.05, 0) is 44.9 Å². The summed E-state index contributed by atoms with van der Waals surface area (Å²) >= 11 is 0. The van der Waals surface area contributed by atoms with E-state index in [0.717, 1.165) is 6.61 Å². The Morgan fingerprint density at radius 2 is 1.92 bits per heavy atom. The fraction of sp³-hybridized carbons (Fsp3) is 0.818. The maximum Gasteiger partial charge on any atom is 0.0758 e. The number of allylic oxidation sites excluding steroid dienone is 1. The molecule has 0 aromatic carbocycles. The third-order valence-electron chi connectivity index (χ3n) is 2.88. The highest BCUT2D eigenvalue weighted by Gasteiger charge is 2.13. The minimum atomic E-state index is 0.465. The summed E-state index contributed by atoms with van der Waals surface area (Å²) in [5.74, 6) is 0. The molecule has 1 heteroatoms. The van der Waals surface area contributed by atoms with Gasteiger partial charge in [-0.2, -0.15) is 0 Å². The van der Waals surface area contributed by atoms with Crippen LogP contribution in [0.2, 0.25) is 0 Å². The highest BCUT2D eigenvalue weighted by Crippen LogP contribution is 2.26. The summed E-state index contributed by atoms with van der Waals surface area (Å²) in [6.07, 6.45) is 12.2. The van der Waals surface area contributed by atoms with E-state index in [1.165, 1.54) is 44.9 Å². The molecule has 1 unspecified atom stereocenters. The van der Waals surface area contributed by atoms with Crippen LogP contribution in [0.25, 0.3) is 0 Å². The lowest BCUT2D eigenvalue weighted by molar-refractivity contribution is 0.0460. The molecule has 1 nitrogen and oxygen atoms in total. The quantitative estimate of drug-likeness (QED) is 0.544. The third kappa shape index (κ3) is 2.10. The first kappa shape index (κ1) is 8.31. The molecule has 0 bridgehead atoms. The van der Waals surface area contributed by atoms with Crippen molar-refractivity contribution in [1.82, 2.24) is 0 Å². The maximum atomic E-state index is 5.66. The second-order valence-electron chi connectivity index (χ2n) is 3.94. The molecule has 0 spiro atoms. The number of rotatable bonds is 1. The Morgan fingerprint density at radius 1 is 1.08 bits per heavy atom. The van der Waals surface area contributed by atoms with Gasteiger partial charge in [-0.25, -0.2) is 0 Å². The molecule has 12 heavy (non-hydrogen) atoms. The molecule has 0 radical (unpaired) electrons. The van der Waals surface area contributed by atoms with Crippen molar-refractivity contribution in [3.8, 4) is 0 Å². The van der Waals surface area contributed by atoms with Crippen molar-refractivity contribution < 1.29 is 4.74 Å². The first-order valence-electron chi connectivity index (χ1n) is 5.26. The second-order valence-corrected chi connectivity index (χ2v) is 3.94. The summed E-state index contributed by atoms with van der Waals surface area (Å²) in [6, 6.07) is 0. The summed E-state index contributed by atoms with van der Waals surface area (Å²) < 4.78 is 5.66. The van der Waals surface area contributed by atoms with Crippen LogP contribution in [0.15, 0.2) is 11.6 Å². The standard InChI is InChI=1S/C11H18O/c1-2-6-10(5-1)9-11-7-3-4-8-12-11/h9,11H,1-8H2. The average Bonchev–Trinajstić information content (AvgIpc) is 2.59. The molecule has 2 fully saturated rings. The van der Waals surface area contributed by atoms with Gasteiger partial charge in [0.05, 0.1) is 6.10 Å². The molecule has 2 rings (SSSR count). The number of hydrogen-bond donors (Lipinski definition) is 0. The van der Waals surface area contributed by atoms with Gasteiger partial charge in [0.2, 0.25) is 0 Å². The van der Waals surface area contributed by atoms with Gasteiger partial charge >= 0.3 is 0 Å². The Labute approximate surface area is 74.8 Å². The minimum Gasteiger partial charge on any atom is -0.374 e. The second kappa shape index (κ2) is 4.08. The molecule has 0 N–H and O–H groups in total. The van der Waals surface area contributed by atoms with E-state index in [4.69, 9.17) is 4.74 Å². The topological polar surface area (TPSA) is 9.23 Å². The van der Waals surface area contributed by atoms with Crippen LogP contribution in [-0.2, 0) is 4.74 Å². The van der Waals surface area contributed by atoms with E-state index in [-0.39, 0.29) is 0 Å². The van der Waals surface area contributed by atoms with Crippen molar-refractivity contribution in [3.63, 3.8) is 0 Å². The molecule has 0 amide bonds. The Morgan fingerprint density at radius 3 is 2.58 bits per heavy atom. The van der Waals surface area contributed by atoms with E-state index < -0.39 is 0 Å². The van der Waals surface area contributed by atoms with Crippen molar-refractivity contribution in [2.75, 3.05) is 6.61 Å². The van der Waals surface area contributed by atoms with Gasteiger partial charge in [0, 0.05) is 6.61 Å². The predicted octanol–water partition coefficient (Wildman–Crippen LogP) is 3.06. The monoisotopic (exact) mass is 166 g/mol. The van der Waals surface area contributed by atoms with E-state index in [9.17, 15) is 0 Å². The predicted molar refractivity (Wildman–Crippen MR) is 50.1 cm³/mol. The Bertz CT molecular complexity index is 158. The van der Waals surface area contributed by atoms with Gasteiger partial charge in [0.25, 0.3) is 0 Å². The molecule has 1 atom stereocenters. The summed E-state index contributed by atoms with van der Waals surface area (Å²) in [4.78, 5) is 0. The average molecular weight is 166 g/mol. The molecule has 1 saturated carbocycles. The zero-order chi connectivity index (χ0) is 8.23. The van der Waals surface area contributed by atoms with Gasteiger partial charge in [0.1, 0.15) is 0 Å². The number of hydrogen-bond acceptors (Lipinski definition) is 1. The van der Waals surface area contributed by atoms with Crippen LogP contribution in [0.3, 0.4) is 0 Å². The highest BCUT2D eigenvalue weighted by molar-refractivity contribution is 5.09. The Hall–Kier alpha value is -0.300. The van der Waals surface area contributed by atoms with Gasteiger partial charge in [-0.15, -0.1) is 0 Å². The molecular formula is C11H18O. The fourth-order valence-corrected chi connectivity index (χ4v) is 2.16. The van der Waals surface area contributed by atoms with Crippen LogP contribution in [0.4, 0.5) is 0 Å². The van der Waals surface area contributed by atoms with E-state index in [2.05, 4.69) is 6.08 Å². The van der Waals surface area contributed by atoms with Gasteiger partial charge < -0.3 is 4.74 Å². The van der Waals surface area contributed by atoms with Crippen molar-refractivity contribution in [2.45, 2.75) is 51.0 Å². The highest BCUT2D eigenvalue weighted by atomic mass is 16.5. The molecule has 1 heterocycles. The third-order valence-corrected chi connectivity index (χ3v) is 2.88. The lowest BCUT2D eigenvalue weighted by Gasteiger charge is -2.20. The van der Waals surface area contributed by atoms with Gasteiger partial charge in [-0.1, -0.05) is 11.6 Å². The van der Waals surface area contributed by atoms with Crippen LogP contribution >= 0.6 is 0 Å². The summed E-state index contributed by atoms with van der Waals surface area (Å²) in [6.45, 7) is 0.981. The minimum absolute atomic E-state index is 0.465. The normalized spacial score (nSPS) is 30.7. The van der Waals surface area contributed by atoms with Crippen LogP contribution < -0.4 is 0 Å². The zero-order valence-electron chi connectivity index (χ0n) is 7.72. The molecule has 1 aliphatic heterocycles. The maximum absolute atomic E-state index is 5.66. The van der Waals surface area contributed by atoms with Crippen molar-refractivity contribution >= 4 is 0 Å². The smallest absolute Gasteiger partial charge is 0.0758 e. The van der Waals surface area contributed by atoms with E-state index in [0.29, 0.717) is 6.10 Å². The molecule has 1 aliphatic carbocycles. The summed E-state index contributed by atoms with van der Waals surface area (Å²) in [5, 5.41) is 0. The van der Waals surface area contributed by atoms with E-state index in [1.807, 2.05) is 0 Å². The van der Waals surface area contributed by atoms with Crippen molar-refractivity contribution in [1.29, 1.82) is 0 Å². The molecular weight excluding hydrogens is 148 g/mol. The zero-order valence-corrected chi connectivity index (χ0v) is 7.72. The first-order valence-corrected chi connectivity index (χ1v) is 5.26. The van der Waals surface area contributed by atoms with Crippen LogP contribution in [0.5, 0.6) is 0 Å². The van der Waals surface area contributed by atoms with Crippen LogP contribution in [0, 0.1) is 0 Å². The van der Waals surface area contributed by atoms with Gasteiger partial charge in [0.15, 0.2) is 0 Å². The first-order chi connectivity index (χ1) is 5.95. The van der Waals surface area contributed by atoms with Crippen LogP contribution in [0.1, 0.15) is 44.9 Å². The number of ether oxygens (including phenoxy) is 1. The molecule has 1 saturated heterocycles. The molecule has 0 aromatic rings. The Kier molecular flexibility index (Phi) is 2.83. The fourth-order valence-electron chi connectivity index (χ4n) is 2.16. The molecule has 2 aliphatic rings. The lowest BCUT2D eigenvalue weighted by Crippen LogP contribution is -2.16. The lowest BCUT2D eigenvalue weighted by atomic mass is 10.1. The summed E-state index contributed by atoms with van der Waals surface area (Å²) in [5.41, 5.74) is 1.65. The van der Waals surface area contributed by atoms with E-state index >= 15 is 0 Å². The molecule has 68 valence electrons. The molecule has 0 aromatic heterocycles. The van der Waals surface area contributed by atoms with Crippen LogP contribution in [-0.4, -0.2) is 12.7 Å². The van der Waals surface area contributed by atoms with Crippen molar-refractivity contribution in [2.24, 2.45) is 0 Å². The summed E-state index contributed by atoms with van der Waals surface area (Å²) in [7, 11) is 0. The van der Waals surface area contributed by atoms with Gasteiger partial charge in [-0.3, -0.25) is 0 Å². The Balaban J connectivity index is 1.86. The van der Waals surface area contributed by atoms with Crippen molar-refractivity contribution in [3.05, 3.63) is 11.6 Å².